The normalized spacial score (nSPS) is 10.4. The average molecular weight is 257 g/mol. The minimum atomic E-state index is -1.53. The molecule has 7 heteroatoms. The van der Waals surface area contributed by atoms with Gasteiger partial charge < -0.3 is 11.1 Å². The van der Waals surface area contributed by atoms with Gasteiger partial charge in [-0.15, -0.1) is 0 Å². The van der Waals surface area contributed by atoms with Crippen LogP contribution in [-0.4, -0.2) is 4.98 Å². The fraction of sp³-hybridized carbons (Fsp3) is 0. The Morgan fingerprint density at radius 3 is 2.17 bits per heavy atom. The molecule has 0 aliphatic heterocycles. The van der Waals surface area contributed by atoms with Gasteiger partial charge >= 0.3 is 0 Å². The molecule has 0 atom stereocenters. The molecule has 2 aromatic rings. The third-order valence-corrected chi connectivity index (χ3v) is 2.14. The number of rotatable bonds is 2. The van der Waals surface area contributed by atoms with E-state index in [1.54, 1.807) is 0 Å². The monoisotopic (exact) mass is 257 g/mol. The van der Waals surface area contributed by atoms with Crippen LogP contribution in [0.4, 0.5) is 34.9 Å². The van der Waals surface area contributed by atoms with Gasteiger partial charge in [-0.05, 0) is 12.1 Å². The minimum Gasteiger partial charge on any atom is -0.384 e. The number of nitrogens with two attached hydrogens (primary N) is 1. The van der Waals surface area contributed by atoms with Gasteiger partial charge in [0.15, 0.2) is 23.3 Å². The molecular weight excluding hydrogens is 250 g/mol. The van der Waals surface area contributed by atoms with Gasteiger partial charge in [-0.25, -0.2) is 22.5 Å². The average Bonchev–Trinajstić information content (AvgIpc) is 2.32. The van der Waals surface area contributed by atoms with Crippen molar-refractivity contribution in [3.8, 4) is 0 Å². The van der Waals surface area contributed by atoms with Crippen molar-refractivity contribution in [2.45, 2.75) is 0 Å². The first-order valence-corrected chi connectivity index (χ1v) is 4.81. The van der Waals surface area contributed by atoms with Crippen LogP contribution < -0.4 is 11.1 Å². The van der Waals surface area contributed by atoms with Gasteiger partial charge in [-0.2, -0.15) is 0 Å². The van der Waals surface area contributed by atoms with Crippen LogP contribution in [0, 0.1) is 23.3 Å². The molecule has 0 aliphatic carbocycles. The number of nitrogen functional groups attached to an aromatic ring is 1. The smallest absolute Gasteiger partial charge is 0.185 e. The van der Waals surface area contributed by atoms with E-state index in [0.717, 1.165) is 0 Å². The van der Waals surface area contributed by atoms with Gasteiger partial charge in [0.1, 0.15) is 17.3 Å². The molecule has 0 saturated heterocycles. The van der Waals surface area contributed by atoms with Gasteiger partial charge in [-0.1, -0.05) is 6.07 Å². The molecule has 1 heterocycles. The maximum Gasteiger partial charge on any atom is 0.185 e. The van der Waals surface area contributed by atoms with Crippen molar-refractivity contribution in [2.24, 2.45) is 0 Å². The first-order valence-electron chi connectivity index (χ1n) is 4.81. The number of hydrogen-bond acceptors (Lipinski definition) is 3. The molecule has 0 saturated carbocycles. The van der Waals surface area contributed by atoms with Gasteiger partial charge in [0.2, 0.25) is 0 Å². The van der Waals surface area contributed by atoms with Crippen molar-refractivity contribution in [3.05, 3.63) is 47.5 Å². The number of aromatic nitrogens is 1. The molecule has 3 nitrogen and oxygen atoms in total. The number of nitrogens with zero attached hydrogens (tertiary/aromatic N) is 1. The van der Waals surface area contributed by atoms with Crippen molar-refractivity contribution in [1.82, 2.24) is 4.98 Å². The van der Waals surface area contributed by atoms with Crippen LogP contribution in [0.3, 0.4) is 0 Å². The Morgan fingerprint density at radius 1 is 1.00 bits per heavy atom. The van der Waals surface area contributed by atoms with E-state index >= 15 is 0 Å². The largest absolute Gasteiger partial charge is 0.384 e. The minimum absolute atomic E-state index is 0.0298. The predicted molar refractivity (Wildman–Crippen MR) is 58.2 cm³/mol. The summed E-state index contributed by atoms with van der Waals surface area (Å²) in [4.78, 5) is 3.70. The Bertz CT molecular complexity index is 575. The highest BCUT2D eigenvalue weighted by Gasteiger charge is 2.19. The topological polar surface area (TPSA) is 50.9 Å². The van der Waals surface area contributed by atoms with Gasteiger partial charge in [0.25, 0.3) is 0 Å². The van der Waals surface area contributed by atoms with Crippen LogP contribution in [-0.2, 0) is 0 Å². The zero-order valence-corrected chi connectivity index (χ0v) is 8.85. The zero-order valence-electron chi connectivity index (χ0n) is 8.85. The summed E-state index contributed by atoms with van der Waals surface area (Å²) in [6, 6.07) is 4.39. The van der Waals surface area contributed by atoms with Gasteiger partial charge in [-0.3, -0.25) is 0 Å². The fourth-order valence-corrected chi connectivity index (χ4v) is 1.33. The summed E-state index contributed by atoms with van der Waals surface area (Å²) < 4.78 is 52.5. The molecule has 18 heavy (non-hydrogen) atoms. The molecule has 0 fully saturated rings. The van der Waals surface area contributed by atoms with Crippen molar-refractivity contribution in [2.75, 3.05) is 11.1 Å². The van der Waals surface area contributed by atoms with Crippen LogP contribution in [0.1, 0.15) is 0 Å². The lowest BCUT2D eigenvalue weighted by Crippen LogP contribution is -2.04. The summed E-state index contributed by atoms with van der Waals surface area (Å²) >= 11 is 0. The lowest BCUT2D eigenvalue weighted by molar-refractivity contribution is 0.459. The van der Waals surface area contributed by atoms with Crippen molar-refractivity contribution < 1.29 is 17.6 Å². The van der Waals surface area contributed by atoms with Crippen LogP contribution in [0.25, 0.3) is 0 Å². The maximum atomic E-state index is 13.3. The summed E-state index contributed by atoms with van der Waals surface area (Å²) in [7, 11) is 0. The molecule has 0 bridgehead atoms. The standard InChI is InChI=1S/C11H7F4N3/c12-5-4-6(13)10(15)11(9(5)14)18-8-3-1-2-7(16)17-8/h1-4H,(H3,16,17,18). The molecule has 2 rings (SSSR count). The number of pyridine rings is 1. The summed E-state index contributed by atoms with van der Waals surface area (Å²) in [5.74, 6) is -5.99. The lowest BCUT2D eigenvalue weighted by Gasteiger charge is -2.09. The first-order chi connectivity index (χ1) is 8.49. The second kappa shape index (κ2) is 4.52. The highest BCUT2D eigenvalue weighted by Crippen LogP contribution is 2.26. The SMILES string of the molecule is Nc1cccc(Nc2c(F)c(F)cc(F)c2F)n1. The van der Waals surface area contributed by atoms with E-state index in [9.17, 15) is 17.6 Å². The Balaban J connectivity index is 2.46. The Hall–Kier alpha value is -2.31. The highest BCUT2D eigenvalue weighted by molar-refractivity contribution is 5.59. The Kier molecular flexibility index (Phi) is 3.05. The summed E-state index contributed by atoms with van der Waals surface area (Å²) in [6.07, 6.45) is 0. The molecule has 0 radical (unpaired) electrons. The van der Waals surface area contributed by atoms with E-state index in [0.29, 0.717) is 0 Å². The Labute approximate surface area is 99.3 Å². The second-order valence-electron chi connectivity index (χ2n) is 3.42. The molecule has 0 aliphatic rings. The highest BCUT2D eigenvalue weighted by atomic mass is 19.2. The van der Waals surface area contributed by atoms with E-state index in [-0.39, 0.29) is 17.7 Å². The quantitative estimate of drug-likeness (QED) is 0.642. The second-order valence-corrected chi connectivity index (χ2v) is 3.42. The maximum absolute atomic E-state index is 13.3. The zero-order chi connectivity index (χ0) is 13.3. The molecule has 0 spiro atoms. The van der Waals surface area contributed by atoms with Crippen LogP contribution in [0.15, 0.2) is 24.3 Å². The van der Waals surface area contributed by atoms with Crippen LogP contribution in [0.5, 0.6) is 0 Å². The van der Waals surface area contributed by atoms with E-state index in [1.807, 2.05) is 0 Å². The number of benzene rings is 1. The van der Waals surface area contributed by atoms with Crippen molar-refractivity contribution in [1.29, 1.82) is 0 Å². The fourth-order valence-electron chi connectivity index (χ4n) is 1.33. The van der Waals surface area contributed by atoms with Crippen molar-refractivity contribution in [3.63, 3.8) is 0 Å². The third-order valence-electron chi connectivity index (χ3n) is 2.14. The lowest BCUT2D eigenvalue weighted by atomic mass is 10.2. The van der Waals surface area contributed by atoms with Gasteiger partial charge in [0.05, 0.1) is 0 Å². The van der Waals surface area contributed by atoms with E-state index in [2.05, 4.69) is 10.3 Å². The molecular formula is C11H7F4N3. The molecule has 0 unspecified atom stereocenters. The van der Waals surface area contributed by atoms with Crippen LogP contribution in [0.2, 0.25) is 0 Å². The summed E-state index contributed by atoms with van der Waals surface area (Å²) in [5, 5.41) is 2.14. The predicted octanol–water partition coefficient (Wildman–Crippen LogP) is 2.96. The van der Waals surface area contributed by atoms with E-state index in [4.69, 9.17) is 5.73 Å². The van der Waals surface area contributed by atoms with Crippen molar-refractivity contribution >= 4 is 17.3 Å². The first kappa shape index (κ1) is 12.2. The summed E-state index contributed by atoms with van der Waals surface area (Å²) in [6.45, 7) is 0. The number of halogens is 4. The Morgan fingerprint density at radius 2 is 1.61 bits per heavy atom. The van der Waals surface area contributed by atoms with Crippen LogP contribution >= 0.6 is 0 Å². The summed E-state index contributed by atoms with van der Waals surface area (Å²) in [5.41, 5.74) is 4.41. The number of anilines is 3. The molecule has 94 valence electrons. The van der Waals surface area contributed by atoms with E-state index in [1.165, 1.54) is 18.2 Å². The number of nitrogens with one attached hydrogen (secondary N) is 1. The molecule has 0 amide bonds. The third kappa shape index (κ3) is 2.20. The molecule has 3 N–H and O–H groups in total. The molecule has 1 aromatic heterocycles. The number of hydrogen-bond donors (Lipinski definition) is 2. The van der Waals surface area contributed by atoms with E-state index < -0.39 is 29.0 Å². The van der Waals surface area contributed by atoms with Gasteiger partial charge in [0, 0.05) is 6.07 Å². The molecule has 1 aromatic carbocycles.